The van der Waals surface area contributed by atoms with Crippen LogP contribution in [0.25, 0.3) is 11.5 Å². The Bertz CT molecular complexity index is 1450. The van der Waals surface area contributed by atoms with Crippen molar-refractivity contribution in [2.75, 3.05) is 25.2 Å². The number of hydrogen-bond acceptors (Lipinski definition) is 7. The van der Waals surface area contributed by atoms with E-state index in [0.29, 0.717) is 47.8 Å². The summed E-state index contributed by atoms with van der Waals surface area (Å²) in [6.07, 6.45) is 2.97. The Morgan fingerprint density at radius 2 is 1.97 bits per heavy atom. The molecule has 2 aromatic carbocycles. The number of rotatable bonds is 6. The quantitative estimate of drug-likeness (QED) is 0.531. The van der Waals surface area contributed by atoms with Gasteiger partial charge < -0.3 is 24.1 Å². The average Bonchev–Trinajstić information content (AvgIpc) is 3.32. The fourth-order valence-corrected chi connectivity index (χ4v) is 4.30. The number of carbonyl (C=O) groups is 2. The molecular formula is C27H26N4O6. The first-order valence-corrected chi connectivity index (χ1v) is 11.9. The summed E-state index contributed by atoms with van der Waals surface area (Å²) in [6.45, 7) is 2.25. The lowest BCUT2D eigenvalue weighted by atomic mass is 10.00. The van der Waals surface area contributed by atoms with Gasteiger partial charge >= 0.3 is 5.76 Å². The number of carbonyl (C=O) groups excluding carboxylic acids is 2. The molecule has 3 heterocycles. The van der Waals surface area contributed by atoms with Crippen molar-refractivity contribution in [2.24, 2.45) is 0 Å². The smallest absolute Gasteiger partial charge is 0.434 e. The summed E-state index contributed by atoms with van der Waals surface area (Å²) in [4.78, 5) is 39.4. The number of H-pyrrole nitrogens is 1. The number of benzene rings is 2. The molecule has 2 aliphatic rings. The maximum Gasteiger partial charge on any atom is 0.434 e. The van der Waals surface area contributed by atoms with Crippen LogP contribution < -0.4 is 20.7 Å². The lowest BCUT2D eigenvalue weighted by molar-refractivity contribution is -0.125. The van der Waals surface area contributed by atoms with Gasteiger partial charge in [0.1, 0.15) is 30.8 Å². The number of fused-ring (bicyclic) bond motifs is 1. The molecule has 37 heavy (non-hydrogen) atoms. The molecule has 0 bridgehead atoms. The number of nitrogens with one attached hydrogen (secondary N) is 2. The van der Waals surface area contributed by atoms with Crippen molar-refractivity contribution in [3.63, 3.8) is 0 Å². The maximum atomic E-state index is 13.4. The lowest BCUT2D eigenvalue weighted by Gasteiger charge is -2.24. The molecule has 0 radical (unpaired) electrons. The van der Waals surface area contributed by atoms with Crippen LogP contribution in [-0.4, -0.2) is 48.3 Å². The summed E-state index contributed by atoms with van der Waals surface area (Å²) in [6, 6.07) is 14.0. The van der Waals surface area contributed by atoms with Gasteiger partial charge in [0.05, 0.1) is 5.69 Å². The minimum Gasteiger partial charge on any atom is -0.493 e. The van der Waals surface area contributed by atoms with Crippen LogP contribution >= 0.6 is 0 Å². The molecule has 0 saturated heterocycles. The van der Waals surface area contributed by atoms with E-state index < -0.39 is 11.8 Å². The van der Waals surface area contributed by atoms with Crippen molar-refractivity contribution in [1.29, 1.82) is 0 Å². The van der Waals surface area contributed by atoms with Crippen molar-refractivity contribution in [3.8, 4) is 17.2 Å². The molecule has 190 valence electrons. The van der Waals surface area contributed by atoms with Gasteiger partial charge in [-0.15, -0.1) is 5.10 Å². The summed E-state index contributed by atoms with van der Waals surface area (Å²) in [7, 11) is 1.60. The monoisotopic (exact) mass is 502 g/mol. The number of hydrogen-bond donors (Lipinski definition) is 2. The first-order chi connectivity index (χ1) is 17.9. The van der Waals surface area contributed by atoms with Crippen molar-refractivity contribution >= 4 is 17.5 Å². The summed E-state index contributed by atoms with van der Waals surface area (Å²) >= 11 is 0. The Labute approximate surface area is 212 Å². The number of ether oxygens (including phenoxy) is 2. The molecule has 5 rings (SSSR count). The van der Waals surface area contributed by atoms with Crippen LogP contribution in [0.15, 0.2) is 80.7 Å². The van der Waals surface area contributed by atoms with Gasteiger partial charge in [-0.2, -0.15) is 0 Å². The van der Waals surface area contributed by atoms with Crippen LogP contribution in [-0.2, 0) is 20.7 Å². The van der Waals surface area contributed by atoms with E-state index in [1.54, 1.807) is 31.3 Å². The largest absolute Gasteiger partial charge is 0.493 e. The summed E-state index contributed by atoms with van der Waals surface area (Å²) in [5.74, 6) is -0.126. The molecule has 1 unspecified atom stereocenters. The normalized spacial score (nSPS) is 17.4. The van der Waals surface area contributed by atoms with Crippen molar-refractivity contribution < 1.29 is 23.5 Å². The van der Waals surface area contributed by atoms with Gasteiger partial charge in [0.25, 0.3) is 11.8 Å². The Balaban J connectivity index is 1.35. The highest BCUT2D eigenvalue weighted by molar-refractivity contribution is 6.04. The number of amides is 2. The Morgan fingerprint density at radius 1 is 1.16 bits per heavy atom. The number of likely N-dealkylation sites (N-methyl/N-ethyl adjacent to an activating group) is 1. The summed E-state index contributed by atoms with van der Waals surface area (Å²) < 4.78 is 16.8. The zero-order chi connectivity index (χ0) is 25.9. The molecule has 0 spiro atoms. The molecule has 0 aliphatic carbocycles. The third kappa shape index (κ3) is 5.04. The van der Waals surface area contributed by atoms with Gasteiger partial charge in [-0.05, 0) is 41.8 Å². The van der Waals surface area contributed by atoms with Gasteiger partial charge in [0.15, 0.2) is 0 Å². The average molecular weight is 503 g/mol. The molecule has 1 atom stereocenters. The highest BCUT2D eigenvalue weighted by Gasteiger charge is 2.32. The van der Waals surface area contributed by atoms with Crippen LogP contribution in [0.3, 0.4) is 0 Å². The minimum absolute atomic E-state index is 0.0371. The highest BCUT2D eigenvalue weighted by Crippen LogP contribution is 2.34. The van der Waals surface area contributed by atoms with E-state index in [0.717, 1.165) is 11.1 Å². The fourth-order valence-electron chi connectivity index (χ4n) is 4.30. The predicted molar refractivity (Wildman–Crippen MR) is 135 cm³/mol. The number of anilines is 1. The zero-order valence-electron chi connectivity index (χ0n) is 20.4. The lowest BCUT2D eigenvalue weighted by Crippen LogP contribution is -2.49. The second kappa shape index (κ2) is 10.2. The van der Waals surface area contributed by atoms with Crippen LogP contribution in [0.1, 0.15) is 18.9 Å². The van der Waals surface area contributed by atoms with Crippen molar-refractivity contribution in [3.05, 3.63) is 87.6 Å². The van der Waals surface area contributed by atoms with Crippen LogP contribution in [0.5, 0.6) is 5.75 Å². The number of aromatic amines is 1. The van der Waals surface area contributed by atoms with E-state index in [9.17, 15) is 14.4 Å². The zero-order valence-corrected chi connectivity index (χ0v) is 20.4. The third-order valence-electron chi connectivity index (χ3n) is 6.36. The van der Waals surface area contributed by atoms with Crippen LogP contribution in [0.4, 0.5) is 5.69 Å². The van der Waals surface area contributed by atoms with Crippen LogP contribution in [0, 0.1) is 0 Å². The van der Waals surface area contributed by atoms with E-state index >= 15 is 0 Å². The van der Waals surface area contributed by atoms with Gasteiger partial charge in [-0.25, -0.2) is 9.89 Å². The molecular weight excluding hydrogens is 476 g/mol. The van der Waals surface area contributed by atoms with Gasteiger partial charge in [-0.1, -0.05) is 37.3 Å². The van der Waals surface area contributed by atoms with Gasteiger partial charge in [0.2, 0.25) is 5.89 Å². The maximum absolute atomic E-state index is 13.4. The van der Waals surface area contributed by atoms with E-state index in [4.69, 9.17) is 13.9 Å². The topological polar surface area (TPSA) is 127 Å². The first-order valence-electron chi connectivity index (χ1n) is 11.9. The second-order valence-corrected chi connectivity index (χ2v) is 8.77. The molecule has 10 nitrogen and oxygen atoms in total. The molecule has 3 aromatic rings. The highest BCUT2D eigenvalue weighted by atomic mass is 16.5. The van der Waals surface area contributed by atoms with Gasteiger partial charge in [-0.3, -0.25) is 9.59 Å². The van der Waals surface area contributed by atoms with E-state index in [-0.39, 0.29) is 24.3 Å². The molecule has 2 aliphatic heterocycles. The Kier molecular flexibility index (Phi) is 6.63. The molecule has 10 heteroatoms. The fraction of sp³-hybridized carbons (Fsp3) is 0.259. The SMILES string of the molecule is CCC1=C(C(=O)NC2COc3ccc(-c4n[nH]c(=O)o4)cc3N(C)C2=O)C=C(Cc2ccccc2)OC1. The third-order valence-corrected chi connectivity index (χ3v) is 6.36. The van der Waals surface area contributed by atoms with Crippen molar-refractivity contribution in [1.82, 2.24) is 15.5 Å². The number of allylic oxidation sites excluding steroid dienone is 1. The number of nitrogens with zero attached hydrogens (tertiary/aromatic N) is 2. The molecule has 1 aromatic heterocycles. The summed E-state index contributed by atoms with van der Waals surface area (Å²) in [5, 5.41) is 8.90. The van der Waals surface area contributed by atoms with E-state index in [1.807, 2.05) is 37.3 Å². The molecule has 0 saturated carbocycles. The number of aromatic nitrogens is 2. The molecule has 2 amide bonds. The van der Waals surface area contributed by atoms with Gasteiger partial charge in [0, 0.05) is 24.6 Å². The molecule has 2 N–H and O–H groups in total. The Morgan fingerprint density at radius 3 is 2.70 bits per heavy atom. The first kappa shape index (κ1) is 24.1. The standard InChI is InChI=1S/C27H26N4O6/c1-3-17-14-35-19(11-16-7-5-4-6-8-16)13-20(17)24(32)28-21-15-36-23-10-9-18(25-29-30-27(34)37-25)12-22(23)31(2)26(21)33/h4-10,12-13,21H,3,11,14-15H2,1-2H3,(H,28,32)(H,30,34). The predicted octanol–water partition coefficient (Wildman–Crippen LogP) is 2.73. The Hall–Kier alpha value is -4.60. The second-order valence-electron chi connectivity index (χ2n) is 8.77. The van der Waals surface area contributed by atoms with Crippen molar-refractivity contribution in [2.45, 2.75) is 25.8 Å². The molecule has 0 fully saturated rings. The minimum atomic E-state index is -0.906. The summed E-state index contributed by atoms with van der Waals surface area (Å²) in [5.41, 5.74) is 3.41. The van der Waals surface area contributed by atoms with E-state index in [2.05, 4.69) is 15.5 Å². The van der Waals surface area contributed by atoms with E-state index in [1.165, 1.54) is 4.90 Å². The van der Waals surface area contributed by atoms with Crippen LogP contribution in [0.2, 0.25) is 0 Å².